The number of benzene rings is 1. The van der Waals surface area contributed by atoms with Crippen molar-refractivity contribution < 1.29 is 13.2 Å². The molecule has 0 saturated carbocycles. The fourth-order valence-electron chi connectivity index (χ4n) is 1.94. The van der Waals surface area contributed by atoms with E-state index in [1.54, 1.807) is 0 Å². The monoisotopic (exact) mass is 249 g/mol. The molecule has 5 heteroatoms. The lowest BCUT2D eigenvalue weighted by Crippen LogP contribution is -2.14. The lowest BCUT2D eigenvalue weighted by molar-refractivity contribution is -0.137. The van der Waals surface area contributed by atoms with Gasteiger partial charge in [0.1, 0.15) is 0 Å². The van der Waals surface area contributed by atoms with Crippen molar-refractivity contribution in [1.82, 2.24) is 5.32 Å². The number of rotatable bonds is 1. The van der Waals surface area contributed by atoms with E-state index in [0.29, 0.717) is 10.6 Å². The van der Waals surface area contributed by atoms with E-state index >= 15 is 0 Å². The lowest BCUT2D eigenvalue weighted by Gasteiger charge is -2.15. The van der Waals surface area contributed by atoms with Crippen LogP contribution in [0.4, 0.5) is 13.2 Å². The van der Waals surface area contributed by atoms with Crippen LogP contribution in [0.3, 0.4) is 0 Å². The van der Waals surface area contributed by atoms with Crippen LogP contribution in [0, 0.1) is 0 Å². The Morgan fingerprint density at radius 2 is 2.06 bits per heavy atom. The van der Waals surface area contributed by atoms with E-state index in [4.69, 9.17) is 11.6 Å². The summed E-state index contributed by atoms with van der Waals surface area (Å²) in [6.07, 6.45) is -2.50. The fraction of sp³-hybridized carbons (Fsp3) is 0.455. The maximum atomic E-state index is 12.5. The highest BCUT2D eigenvalue weighted by Gasteiger charge is 2.32. The summed E-state index contributed by atoms with van der Waals surface area (Å²) in [5, 5.41) is 3.54. The van der Waals surface area contributed by atoms with Crippen LogP contribution in [0.2, 0.25) is 5.02 Å². The van der Waals surface area contributed by atoms with E-state index in [1.807, 2.05) is 0 Å². The Balaban J connectivity index is 2.36. The number of halogens is 4. The zero-order valence-electron chi connectivity index (χ0n) is 8.44. The third-order valence-corrected chi connectivity index (χ3v) is 3.10. The lowest BCUT2D eigenvalue weighted by atomic mass is 10.0. The molecule has 0 bridgehead atoms. The highest BCUT2D eigenvalue weighted by molar-refractivity contribution is 6.31. The maximum Gasteiger partial charge on any atom is 0.416 e. The van der Waals surface area contributed by atoms with Crippen molar-refractivity contribution in [2.75, 3.05) is 6.54 Å². The Hall–Kier alpha value is -0.740. The molecule has 1 aromatic carbocycles. The van der Waals surface area contributed by atoms with Crippen LogP contribution in [0.5, 0.6) is 0 Å². The van der Waals surface area contributed by atoms with Gasteiger partial charge in [-0.3, -0.25) is 0 Å². The molecule has 88 valence electrons. The van der Waals surface area contributed by atoms with E-state index < -0.39 is 11.7 Å². The van der Waals surface area contributed by atoms with E-state index in [2.05, 4.69) is 5.32 Å². The Labute approximate surface area is 96.6 Å². The van der Waals surface area contributed by atoms with Gasteiger partial charge in [-0.05, 0) is 43.1 Å². The second kappa shape index (κ2) is 4.26. The van der Waals surface area contributed by atoms with Gasteiger partial charge in [-0.25, -0.2) is 0 Å². The van der Waals surface area contributed by atoms with Crippen molar-refractivity contribution in [3.8, 4) is 0 Å². The van der Waals surface area contributed by atoms with Gasteiger partial charge in [0.05, 0.1) is 5.56 Å². The molecule has 1 saturated heterocycles. The number of hydrogen-bond acceptors (Lipinski definition) is 1. The molecule has 1 nitrogen and oxygen atoms in total. The maximum absolute atomic E-state index is 12.5. The predicted molar refractivity (Wildman–Crippen MR) is 56.4 cm³/mol. The van der Waals surface area contributed by atoms with Crippen LogP contribution < -0.4 is 5.32 Å². The minimum atomic E-state index is -4.31. The first-order valence-electron chi connectivity index (χ1n) is 5.08. The van der Waals surface area contributed by atoms with Gasteiger partial charge >= 0.3 is 6.18 Å². The molecule has 0 spiro atoms. The SMILES string of the molecule is FC(F)(F)c1ccc(Cl)c([C@@H]2CCCN2)c1. The zero-order chi connectivity index (χ0) is 11.8. The summed E-state index contributed by atoms with van der Waals surface area (Å²) < 4.78 is 37.6. The van der Waals surface area contributed by atoms with Crippen molar-refractivity contribution >= 4 is 11.6 Å². The van der Waals surface area contributed by atoms with Crippen LogP contribution in [0.1, 0.15) is 30.0 Å². The Morgan fingerprint density at radius 3 is 2.62 bits per heavy atom. The fourth-order valence-corrected chi connectivity index (χ4v) is 2.19. The van der Waals surface area contributed by atoms with E-state index in [0.717, 1.165) is 31.5 Å². The van der Waals surface area contributed by atoms with Crippen LogP contribution >= 0.6 is 11.6 Å². The summed E-state index contributed by atoms with van der Waals surface area (Å²) in [7, 11) is 0. The number of hydrogen-bond donors (Lipinski definition) is 1. The highest BCUT2D eigenvalue weighted by atomic mass is 35.5. The average Bonchev–Trinajstić information content (AvgIpc) is 2.69. The smallest absolute Gasteiger partial charge is 0.310 e. The molecule has 0 aliphatic carbocycles. The molecule has 1 N–H and O–H groups in total. The van der Waals surface area contributed by atoms with Gasteiger partial charge in [0, 0.05) is 11.1 Å². The minimum Gasteiger partial charge on any atom is -0.310 e. The van der Waals surface area contributed by atoms with Gasteiger partial charge < -0.3 is 5.32 Å². The molecule has 0 amide bonds. The molecule has 16 heavy (non-hydrogen) atoms. The Kier molecular flexibility index (Phi) is 3.13. The summed E-state index contributed by atoms with van der Waals surface area (Å²) in [5.41, 5.74) is -0.0883. The van der Waals surface area contributed by atoms with Crippen LogP contribution in [0.25, 0.3) is 0 Å². The molecule has 0 radical (unpaired) electrons. The minimum absolute atomic E-state index is 0.0465. The van der Waals surface area contributed by atoms with Gasteiger partial charge in [-0.2, -0.15) is 13.2 Å². The normalized spacial score (nSPS) is 21.4. The van der Waals surface area contributed by atoms with Crippen molar-refractivity contribution in [1.29, 1.82) is 0 Å². The quantitative estimate of drug-likeness (QED) is 0.799. The molecule has 1 fully saturated rings. The van der Waals surface area contributed by atoms with Crippen LogP contribution in [0.15, 0.2) is 18.2 Å². The molecular weight excluding hydrogens is 239 g/mol. The van der Waals surface area contributed by atoms with Crippen LogP contribution in [-0.4, -0.2) is 6.54 Å². The molecule has 0 unspecified atom stereocenters. The summed E-state index contributed by atoms with van der Waals surface area (Å²) in [6, 6.07) is 3.43. The summed E-state index contributed by atoms with van der Waals surface area (Å²) in [6.45, 7) is 0.831. The highest BCUT2D eigenvalue weighted by Crippen LogP contribution is 2.35. The summed E-state index contributed by atoms with van der Waals surface area (Å²) in [5.74, 6) is 0. The van der Waals surface area contributed by atoms with E-state index in [9.17, 15) is 13.2 Å². The van der Waals surface area contributed by atoms with Crippen molar-refractivity contribution in [3.63, 3.8) is 0 Å². The molecule has 1 aliphatic rings. The molecule has 1 heterocycles. The van der Waals surface area contributed by atoms with Gasteiger partial charge in [-0.15, -0.1) is 0 Å². The summed E-state index contributed by atoms with van der Waals surface area (Å²) >= 11 is 5.92. The Morgan fingerprint density at radius 1 is 1.31 bits per heavy atom. The molecule has 2 rings (SSSR count). The number of nitrogens with one attached hydrogen (secondary N) is 1. The largest absolute Gasteiger partial charge is 0.416 e. The third kappa shape index (κ3) is 2.33. The summed E-state index contributed by atoms with van der Waals surface area (Å²) in [4.78, 5) is 0. The first-order valence-corrected chi connectivity index (χ1v) is 5.46. The van der Waals surface area contributed by atoms with E-state index in [-0.39, 0.29) is 6.04 Å². The van der Waals surface area contributed by atoms with Crippen molar-refractivity contribution in [2.24, 2.45) is 0 Å². The zero-order valence-corrected chi connectivity index (χ0v) is 9.20. The van der Waals surface area contributed by atoms with Crippen molar-refractivity contribution in [3.05, 3.63) is 34.3 Å². The van der Waals surface area contributed by atoms with Crippen molar-refractivity contribution in [2.45, 2.75) is 25.1 Å². The predicted octanol–water partition coefficient (Wildman–Crippen LogP) is 3.78. The standard InChI is InChI=1S/C11H11ClF3N/c12-9-4-3-7(11(13,14)15)6-8(9)10-2-1-5-16-10/h3-4,6,10,16H,1-2,5H2/t10-/m0/s1. The van der Waals surface area contributed by atoms with Gasteiger partial charge in [0.15, 0.2) is 0 Å². The first-order chi connectivity index (χ1) is 7.48. The van der Waals surface area contributed by atoms with Gasteiger partial charge in [0.2, 0.25) is 0 Å². The molecular formula is C11H11ClF3N. The molecule has 1 aliphatic heterocycles. The topological polar surface area (TPSA) is 12.0 Å². The molecule has 1 atom stereocenters. The molecule has 0 aromatic heterocycles. The van der Waals surface area contributed by atoms with Gasteiger partial charge in [0.25, 0.3) is 0 Å². The average molecular weight is 250 g/mol. The number of alkyl halides is 3. The second-order valence-electron chi connectivity index (χ2n) is 3.88. The second-order valence-corrected chi connectivity index (χ2v) is 4.29. The third-order valence-electron chi connectivity index (χ3n) is 2.76. The van der Waals surface area contributed by atoms with Crippen LogP contribution in [-0.2, 0) is 6.18 Å². The van der Waals surface area contributed by atoms with E-state index in [1.165, 1.54) is 6.07 Å². The molecule has 1 aromatic rings. The first kappa shape index (κ1) is 11.7. The Bertz CT molecular complexity index is 383. The van der Waals surface area contributed by atoms with Gasteiger partial charge in [-0.1, -0.05) is 11.6 Å².